The lowest BCUT2D eigenvalue weighted by atomic mass is 10.0. The van der Waals surface area contributed by atoms with E-state index in [4.69, 9.17) is 9.47 Å². The van der Waals surface area contributed by atoms with Crippen molar-refractivity contribution in [2.45, 2.75) is 30.2 Å². The van der Waals surface area contributed by atoms with Crippen LogP contribution in [0.5, 0.6) is 0 Å². The Morgan fingerprint density at radius 3 is 1.92 bits per heavy atom. The van der Waals surface area contributed by atoms with Crippen molar-refractivity contribution in [2.24, 2.45) is 0 Å². The van der Waals surface area contributed by atoms with Gasteiger partial charge in [0.1, 0.15) is 6.04 Å². The molecule has 0 heterocycles. The molecule has 0 aliphatic heterocycles. The van der Waals surface area contributed by atoms with Gasteiger partial charge in [-0.3, -0.25) is 9.52 Å². The number of rotatable bonds is 10. The number of benzene rings is 4. The van der Waals surface area contributed by atoms with Gasteiger partial charge in [0.05, 0.1) is 30.7 Å². The van der Waals surface area contributed by atoms with Gasteiger partial charge < -0.3 is 14.8 Å². The molecule has 39 heavy (non-hydrogen) atoms. The quantitative estimate of drug-likeness (QED) is 0.266. The molecule has 4 aromatic rings. The Balaban J connectivity index is 1.62. The number of carbonyl (C=O) groups is 2. The summed E-state index contributed by atoms with van der Waals surface area (Å²) in [5.41, 5.74) is 2.68. The number of carbonyl (C=O) groups excluding carboxylic acids is 2. The van der Waals surface area contributed by atoms with Crippen molar-refractivity contribution in [3.63, 3.8) is 0 Å². The molecule has 2 atom stereocenters. The topological polar surface area (TPSA) is 111 Å². The molecule has 0 radical (unpaired) electrons. The minimum Gasteiger partial charge on any atom is -0.469 e. The molecule has 0 saturated heterocycles. The molecule has 2 N–H and O–H groups in total. The predicted molar refractivity (Wildman–Crippen MR) is 151 cm³/mol. The molecule has 4 rings (SSSR count). The van der Waals surface area contributed by atoms with Crippen molar-refractivity contribution < 1.29 is 27.5 Å². The van der Waals surface area contributed by atoms with Gasteiger partial charge in [0.25, 0.3) is 10.0 Å². The number of esters is 2. The van der Waals surface area contributed by atoms with Gasteiger partial charge in [-0.25, -0.2) is 13.2 Å². The Labute approximate surface area is 228 Å². The minimum absolute atomic E-state index is 0.0585. The SMILES string of the molecule is COC(=O)C(C)c1ccc(S(=O)(=O)Nc2ccc(N[C@@H](Cc3ccccc3)C(=O)OC)c3ccccc23)cc1. The van der Waals surface area contributed by atoms with Gasteiger partial charge in [0.2, 0.25) is 0 Å². The van der Waals surface area contributed by atoms with E-state index in [1.807, 2.05) is 54.6 Å². The zero-order chi connectivity index (χ0) is 28.0. The van der Waals surface area contributed by atoms with E-state index in [9.17, 15) is 18.0 Å². The van der Waals surface area contributed by atoms with Crippen molar-refractivity contribution >= 4 is 44.1 Å². The molecule has 1 unspecified atom stereocenters. The van der Waals surface area contributed by atoms with E-state index in [1.165, 1.54) is 26.4 Å². The van der Waals surface area contributed by atoms with Gasteiger partial charge in [-0.2, -0.15) is 0 Å². The van der Waals surface area contributed by atoms with Crippen LogP contribution in [0.3, 0.4) is 0 Å². The maximum Gasteiger partial charge on any atom is 0.328 e. The lowest BCUT2D eigenvalue weighted by molar-refractivity contribution is -0.142. The number of hydrogen-bond donors (Lipinski definition) is 2. The van der Waals surface area contributed by atoms with Crippen molar-refractivity contribution in [3.8, 4) is 0 Å². The molecule has 202 valence electrons. The summed E-state index contributed by atoms with van der Waals surface area (Å²) in [6, 6.07) is 25.8. The fourth-order valence-electron chi connectivity index (χ4n) is 4.34. The number of hydrogen-bond acceptors (Lipinski definition) is 7. The Morgan fingerprint density at radius 2 is 1.31 bits per heavy atom. The summed E-state index contributed by atoms with van der Waals surface area (Å²) in [7, 11) is -1.27. The first-order chi connectivity index (χ1) is 18.7. The highest BCUT2D eigenvalue weighted by Gasteiger charge is 2.22. The van der Waals surface area contributed by atoms with E-state index in [0.29, 0.717) is 28.7 Å². The fraction of sp³-hybridized carbons (Fsp3) is 0.200. The summed E-state index contributed by atoms with van der Waals surface area (Å²) < 4.78 is 38.9. The van der Waals surface area contributed by atoms with E-state index < -0.39 is 33.9 Å². The lowest BCUT2D eigenvalue weighted by Gasteiger charge is -2.20. The highest BCUT2D eigenvalue weighted by molar-refractivity contribution is 7.92. The third-order valence-electron chi connectivity index (χ3n) is 6.51. The van der Waals surface area contributed by atoms with Crippen LogP contribution in [0.4, 0.5) is 11.4 Å². The molecule has 0 amide bonds. The fourth-order valence-corrected chi connectivity index (χ4v) is 5.42. The first-order valence-corrected chi connectivity index (χ1v) is 13.8. The molecule has 0 bridgehead atoms. The molecule has 9 heteroatoms. The molecule has 8 nitrogen and oxygen atoms in total. The molecule has 0 fully saturated rings. The summed E-state index contributed by atoms with van der Waals surface area (Å²) in [5.74, 6) is -1.32. The van der Waals surface area contributed by atoms with Gasteiger partial charge in [-0.1, -0.05) is 66.7 Å². The monoisotopic (exact) mass is 546 g/mol. The van der Waals surface area contributed by atoms with Crippen molar-refractivity contribution in [3.05, 3.63) is 102 Å². The van der Waals surface area contributed by atoms with Crippen LogP contribution in [0.25, 0.3) is 10.8 Å². The average molecular weight is 547 g/mol. The highest BCUT2D eigenvalue weighted by Crippen LogP contribution is 2.32. The van der Waals surface area contributed by atoms with E-state index in [-0.39, 0.29) is 4.90 Å². The van der Waals surface area contributed by atoms with E-state index in [1.54, 1.807) is 31.2 Å². The lowest BCUT2D eigenvalue weighted by Crippen LogP contribution is -2.33. The number of methoxy groups -OCH3 is 2. The summed E-state index contributed by atoms with van der Waals surface area (Å²) in [6.07, 6.45) is 0.417. The number of anilines is 2. The van der Waals surface area contributed by atoms with Crippen molar-refractivity contribution in [1.82, 2.24) is 0 Å². The maximum atomic E-state index is 13.2. The molecular formula is C30H30N2O6S. The van der Waals surface area contributed by atoms with Gasteiger partial charge in [0, 0.05) is 22.9 Å². The average Bonchev–Trinajstić information content (AvgIpc) is 2.97. The molecular weight excluding hydrogens is 516 g/mol. The second-order valence-electron chi connectivity index (χ2n) is 9.04. The second-order valence-corrected chi connectivity index (χ2v) is 10.7. The first kappa shape index (κ1) is 27.7. The van der Waals surface area contributed by atoms with Crippen LogP contribution in [0.1, 0.15) is 24.0 Å². The zero-order valence-electron chi connectivity index (χ0n) is 21.9. The smallest absolute Gasteiger partial charge is 0.328 e. The second kappa shape index (κ2) is 12.0. The summed E-state index contributed by atoms with van der Waals surface area (Å²) in [5, 5.41) is 4.68. The predicted octanol–water partition coefficient (Wildman–Crippen LogP) is 5.11. The number of sulfonamides is 1. The molecule has 0 saturated carbocycles. The Hall–Kier alpha value is -4.37. The Morgan fingerprint density at radius 1 is 0.744 bits per heavy atom. The summed E-state index contributed by atoms with van der Waals surface area (Å²) >= 11 is 0. The Kier molecular flexibility index (Phi) is 8.51. The molecule has 0 aliphatic rings. The van der Waals surface area contributed by atoms with Gasteiger partial charge in [0.15, 0.2) is 0 Å². The van der Waals surface area contributed by atoms with Crippen LogP contribution >= 0.6 is 0 Å². The number of fused-ring (bicyclic) bond motifs is 1. The van der Waals surface area contributed by atoms with E-state index >= 15 is 0 Å². The van der Waals surface area contributed by atoms with Crippen LogP contribution in [0, 0.1) is 0 Å². The third-order valence-corrected chi connectivity index (χ3v) is 7.89. The van der Waals surface area contributed by atoms with Crippen molar-refractivity contribution in [2.75, 3.05) is 24.3 Å². The van der Waals surface area contributed by atoms with E-state index in [2.05, 4.69) is 10.0 Å². The van der Waals surface area contributed by atoms with Gasteiger partial charge >= 0.3 is 11.9 Å². The van der Waals surface area contributed by atoms with Crippen LogP contribution in [0.2, 0.25) is 0 Å². The standard InChI is InChI=1S/C30H30N2O6S/c1-20(29(33)37-2)22-13-15-23(16-14-22)39(35,36)32-27-18-17-26(24-11-7-8-12-25(24)27)31-28(30(34)38-3)19-21-9-5-4-6-10-21/h4-18,20,28,31-32H,19H2,1-3H3/t20?,28-/m0/s1. The van der Waals surface area contributed by atoms with E-state index in [0.717, 1.165) is 10.9 Å². The van der Waals surface area contributed by atoms with Gasteiger partial charge in [-0.05, 0) is 42.3 Å². The number of ether oxygens (including phenoxy) is 2. The summed E-state index contributed by atoms with van der Waals surface area (Å²) in [4.78, 5) is 24.5. The van der Waals surface area contributed by atoms with Crippen LogP contribution in [0.15, 0.2) is 95.9 Å². The van der Waals surface area contributed by atoms with Crippen molar-refractivity contribution in [1.29, 1.82) is 0 Å². The molecule has 0 spiro atoms. The largest absolute Gasteiger partial charge is 0.469 e. The van der Waals surface area contributed by atoms with Crippen LogP contribution in [-0.2, 0) is 35.5 Å². The highest BCUT2D eigenvalue weighted by atomic mass is 32.2. The normalized spacial score (nSPS) is 12.8. The zero-order valence-corrected chi connectivity index (χ0v) is 22.7. The first-order valence-electron chi connectivity index (χ1n) is 12.3. The third kappa shape index (κ3) is 6.38. The number of nitrogens with one attached hydrogen (secondary N) is 2. The summed E-state index contributed by atoms with van der Waals surface area (Å²) in [6.45, 7) is 1.69. The minimum atomic E-state index is -3.93. The van der Waals surface area contributed by atoms with Crippen LogP contribution in [-0.4, -0.2) is 40.6 Å². The van der Waals surface area contributed by atoms with Crippen LogP contribution < -0.4 is 10.0 Å². The van der Waals surface area contributed by atoms with Gasteiger partial charge in [-0.15, -0.1) is 0 Å². The molecule has 0 aliphatic carbocycles. The maximum absolute atomic E-state index is 13.2. The molecule has 4 aromatic carbocycles. The molecule has 0 aromatic heterocycles. The Bertz CT molecular complexity index is 1570.